The summed E-state index contributed by atoms with van der Waals surface area (Å²) in [5, 5.41) is 3.12. The minimum atomic E-state index is -3.64. The maximum atomic E-state index is 12.1. The highest BCUT2D eigenvalue weighted by atomic mass is 32.2. The van der Waals surface area contributed by atoms with Crippen molar-refractivity contribution in [3.05, 3.63) is 29.8 Å². The van der Waals surface area contributed by atoms with E-state index in [4.69, 9.17) is 5.73 Å². The van der Waals surface area contributed by atoms with Crippen molar-refractivity contribution in [3.8, 4) is 0 Å². The number of benzene rings is 1. The number of ether oxygens (including phenoxy) is 1. The van der Waals surface area contributed by atoms with Gasteiger partial charge in [0.25, 0.3) is 0 Å². The van der Waals surface area contributed by atoms with Gasteiger partial charge in [0.15, 0.2) is 0 Å². The molecule has 21 heavy (non-hydrogen) atoms. The Morgan fingerprint density at radius 3 is 2.71 bits per heavy atom. The van der Waals surface area contributed by atoms with Gasteiger partial charge in [-0.2, -0.15) is 0 Å². The van der Waals surface area contributed by atoms with E-state index in [-0.39, 0.29) is 24.1 Å². The highest BCUT2D eigenvalue weighted by molar-refractivity contribution is 7.89. The second kappa shape index (κ2) is 7.96. The molecule has 1 amide bonds. The fourth-order valence-corrected chi connectivity index (χ4v) is 2.98. The molecule has 0 bridgehead atoms. The molecule has 1 atom stereocenters. The molecule has 1 aromatic carbocycles. The summed E-state index contributed by atoms with van der Waals surface area (Å²) in [5.41, 5.74) is 5.69. The minimum absolute atomic E-state index is 0.0290. The molecule has 0 aliphatic heterocycles. The van der Waals surface area contributed by atoms with Gasteiger partial charge in [0.2, 0.25) is 10.0 Å². The molecule has 0 aliphatic rings. The van der Waals surface area contributed by atoms with Gasteiger partial charge in [-0.1, -0.05) is 19.1 Å². The molecule has 0 spiro atoms. The summed E-state index contributed by atoms with van der Waals surface area (Å²) in [7, 11) is -1.81. The lowest BCUT2D eigenvalue weighted by atomic mass is 10.1. The molecule has 1 unspecified atom stereocenters. The summed E-state index contributed by atoms with van der Waals surface area (Å²) in [6, 6.07) is 6.81. The van der Waals surface area contributed by atoms with E-state index in [1.807, 2.05) is 20.0 Å². The van der Waals surface area contributed by atoms with Crippen molar-refractivity contribution in [2.75, 3.05) is 20.2 Å². The van der Waals surface area contributed by atoms with E-state index in [9.17, 15) is 13.2 Å². The first-order valence-corrected chi connectivity index (χ1v) is 8.08. The summed E-state index contributed by atoms with van der Waals surface area (Å²) in [5.74, 6) is 0. The molecule has 118 valence electrons. The minimum Gasteiger partial charge on any atom is -0.448 e. The summed E-state index contributed by atoms with van der Waals surface area (Å²) >= 11 is 0. The van der Waals surface area contributed by atoms with Gasteiger partial charge in [0.1, 0.15) is 6.61 Å². The van der Waals surface area contributed by atoms with Gasteiger partial charge < -0.3 is 15.8 Å². The van der Waals surface area contributed by atoms with Gasteiger partial charge in [0, 0.05) is 12.6 Å². The third kappa shape index (κ3) is 5.33. The van der Waals surface area contributed by atoms with Crippen LogP contribution in [0.25, 0.3) is 0 Å². The van der Waals surface area contributed by atoms with Crippen LogP contribution in [-0.4, -0.2) is 34.7 Å². The number of carbonyl (C=O) groups excluding carboxylic acids is 1. The number of hydrogen-bond donors (Lipinski definition) is 3. The predicted octanol–water partition coefficient (Wildman–Crippen LogP) is 0.731. The summed E-state index contributed by atoms with van der Waals surface area (Å²) in [4.78, 5) is 10.6. The Morgan fingerprint density at radius 1 is 1.43 bits per heavy atom. The number of hydrogen-bond acceptors (Lipinski definition) is 5. The van der Waals surface area contributed by atoms with Crippen LogP contribution in [0.4, 0.5) is 4.79 Å². The third-order valence-electron chi connectivity index (χ3n) is 2.97. The summed E-state index contributed by atoms with van der Waals surface area (Å²) in [6.45, 7) is 1.88. The molecule has 4 N–H and O–H groups in total. The molecule has 0 aliphatic carbocycles. The SMILES string of the molecule is CCC(NC)c1cccc(S(=O)(=O)NCCOC(N)=O)c1. The first-order chi connectivity index (χ1) is 9.90. The van der Waals surface area contributed by atoms with Crippen LogP contribution < -0.4 is 15.8 Å². The van der Waals surface area contributed by atoms with Crippen LogP contribution in [-0.2, 0) is 14.8 Å². The Morgan fingerprint density at radius 2 is 2.14 bits per heavy atom. The second-order valence-electron chi connectivity index (χ2n) is 4.39. The molecule has 7 nitrogen and oxygen atoms in total. The van der Waals surface area contributed by atoms with E-state index >= 15 is 0 Å². The molecule has 1 aromatic rings. The van der Waals surface area contributed by atoms with Crippen molar-refractivity contribution in [3.63, 3.8) is 0 Å². The number of rotatable bonds is 8. The highest BCUT2D eigenvalue weighted by Crippen LogP contribution is 2.19. The third-order valence-corrected chi connectivity index (χ3v) is 4.42. The Bertz CT molecular complexity index is 571. The first-order valence-electron chi connectivity index (χ1n) is 6.59. The quantitative estimate of drug-likeness (QED) is 0.613. The van der Waals surface area contributed by atoms with E-state index in [1.165, 1.54) is 6.07 Å². The fraction of sp³-hybridized carbons (Fsp3) is 0.462. The number of primary amides is 1. The molecular weight excluding hydrogens is 294 g/mol. The van der Waals surface area contributed by atoms with Crippen molar-refractivity contribution in [1.82, 2.24) is 10.0 Å². The van der Waals surface area contributed by atoms with Crippen LogP contribution in [0.1, 0.15) is 24.9 Å². The van der Waals surface area contributed by atoms with Gasteiger partial charge in [-0.05, 0) is 31.2 Å². The molecule has 0 saturated carbocycles. The van der Waals surface area contributed by atoms with Crippen LogP contribution in [0.15, 0.2) is 29.2 Å². The van der Waals surface area contributed by atoms with Crippen LogP contribution >= 0.6 is 0 Å². The molecule has 0 aromatic heterocycles. The maximum absolute atomic E-state index is 12.1. The Hall–Kier alpha value is -1.64. The fourth-order valence-electron chi connectivity index (χ4n) is 1.92. The van der Waals surface area contributed by atoms with E-state index in [0.29, 0.717) is 0 Å². The van der Waals surface area contributed by atoms with Gasteiger partial charge in [-0.15, -0.1) is 0 Å². The zero-order chi connectivity index (χ0) is 15.9. The average Bonchev–Trinajstić information content (AvgIpc) is 2.45. The standard InChI is InChI=1S/C13H21N3O4S/c1-3-12(15-2)10-5-4-6-11(9-10)21(18,19)16-7-8-20-13(14)17/h4-6,9,12,15-16H,3,7-8H2,1-2H3,(H2,14,17). The van der Waals surface area contributed by atoms with Crippen molar-refractivity contribution < 1.29 is 17.9 Å². The topological polar surface area (TPSA) is 111 Å². The maximum Gasteiger partial charge on any atom is 0.404 e. The van der Waals surface area contributed by atoms with E-state index < -0.39 is 16.1 Å². The Labute approximate surface area is 124 Å². The van der Waals surface area contributed by atoms with E-state index in [0.717, 1.165) is 12.0 Å². The zero-order valence-electron chi connectivity index (χ0n) is 12.1. The second-order valence-corrected chi connectivity index (χ2v) is 6.15. The predicted molar refractivity (Wildman–Crippen MR) is 79.3 cm³/mol. The van der Waals surface area contributed by atoms with Crippen LogP contribution in [0, 0.1) is 0 Å². The molecular formula is C13H21N3O4S. The molecule has 0 radical (unpaired) electrons. The van der Waals surface area contributed by atoms with Gasteiger partial charge in [0.05, 0.1) is 4.90 Å². The van der Waals surface area contributed by atoms with Gasteiger partial charge in [-0.3, -0.25) is 0 Å². The monoisotopic (exact) mass is 315 g/mol. The number of sulfonamides is 1. The van der Waals surface area contributed by atoms with Crippen LogP contribution in [0.3, 0.4) is 0 Å². The van der Waals surface area contributed by atoms with Crippen molar-refractivity contribution >= 4 is 16.1 Å². The average molecular weight is 315 g/mol. The Kier molecular flexibility index (Phi) is 6.60. The molecule has 0 fully saturated rings. The van der Waals surface area contributed by atoms with Crippen molar-refractivity contribution in [1.29, 1.82) is 0 Å². The lowest BCUT2D eigenvalue weighted by molar-refractivity contribution is 0.159. The normalized spacial score (nSPS) is 12.9. The van der Waals surface area contributed by atoms with Crippen molar-refractivity contribution in [2.45, 2.75) is 24.3 Å². The van der Waals surface area contributed by atoms with Gasteiger partial charge >= 0.3 is 6.09 Å². The lowest BCUT2D eigenvalue weighted by Gasteiger charge is -2.15. The molecule has 0 heterocycles. The summed E-state index contributed by atoms with van der Waals surface area (Å²) in [6.07, 6.45) is -0.0872. The highest BCUT2D eigenvalue weighted by Gasteiger charge is 2.16. The number of amides is 1. The molecule has 8 heteroatoms. The molecule has 1 rings (SSSR count). The number of carbonyl (C=O) groups is 1. The van der Waals surface area contributed by atoms with Crippen LogP contribution in [0.5, 0.6) is 0 Å². The summed E-state index contributed by atoms with van der Waals surface area (Å²) < 4.78 is 31.1. The first kappa shape index (κ1) is 17.4. The van der Waals surface area contributed by atoms with Crippen LogP contribution in [0.2, 0.25) is 0 Å². The largest absolute Gasteiger partial charge is 0.448 e. The zero-order valence-corrected chi connectivity index (χ0v) is 12.9. The van der Waals surface area contributed by atoms with E-state index in [1.54, 1.807) is 12.1 Å². The lowest BCUT2D eigenvalue weighted by Crippen LogP contribution is -2.29. The van der Waals surface area contributed by atoms with Crippen molar-refractivity contribution in [2.24, 2.45) is 5.73 Å². The molecule has 0 saturated heterocycles. The van der Waals surface area contributed by atoms with E-state index in [2.05, 4.69) is 14.8 Å². The Balaban J connectivity index is 2.79. The number of nitrogens with one attached hydrogen (secondary N) is 2. The van der Waals surface area contributed by atoms with Gasteiger partial charge in [-0.25, -0.2) is 17.9 Å². The number of nitrogens with two attached hydrogens (primary N) is 1. The smallest absolute Gasteiger partial charge is 0.404 e.